The summed E-state index contributed by atoms with van der Waals surface area (Å²) in [6, 6.07) is 7.86. The number of benzene rings is 1. The van der Waals surface area contributed by atoms with E-state index in [-0.39, 0.29) is 11.9 Å². The summed E-state index contributed by atoms with van der Waals surface area (Å²) in [6.07, 6.45) is 3.95. The Morgan fingerprint density at radius 2 is 2.08 bits per heavy atom. The first-order valence-corrected chi connectivity index (χ1v) is 8.93. The van der Waals surface area contributed by atoms with E-state index in [1.165, 1.54) is 12.8 Å². The van der Waals surface area contributed by atoms with E-state index in [9.17, 15) is 4.79 Å². The predicted molar refractivity (Wildman–Crippen MR) is 96.4 cm³/mol. The number of amides is 1. The van der Waals surface area contributed by atoms with Crippen LogP contribution >= 0.6 is 11.6 Å². The first-order chi connectivity index (χ1) is 12.2. The van der Waals surface area contributed by atoms with Gasteiger partial charge in [-0.1, -0.05) is 35.0 Å². The van der Waals surface area contributed by atoms with Crippen molar-refractivity contribution in [3.05, 3.63) is 46.7 Å². The van der Waals surface area contributed by atoms with E-state index in [0.717, 1.165) is 23.7 Å². The lowest BCUT2D eigenvalue weighted by molar-refractivity contribution is 0.0933. The minimum absolute atomic E-state index is 0.0548. The van der Waals surface area contributed by atoms with E-state index in [0.29, 0.717) is 25.3 Å². The second-order valence-corrected chi connectivity index (χ2v) is 6.55. The molecule has 3 rings (SSSR count). The molecule has 2 heterocycles. The summed E-state index contributed by atoms with van der Waals surface area (Å²) in [7, 11) is 0. The fourth-order valence-corrected chi connectivity index (χ4v) is 3.42. The van der Waals surface area contributed by atoms with Crippen LogP contribution in [0, 0.1) is 0 Å². The third-order valence-corrected chi connectivity index (χ3v) is 4.78. The van der Waals surface area contributed by atoms with Gasteiger partial charge in [0.1, 0.15) is 0 Å². The summed E-state index contributed by atoms with van der Waals surface area (Å²) in [5, 5.41) is 11.5. The second-order valence-electron chi connectivity index (χ2n) is 6.15. The SMILES string of the molecule is NCCn1cc(C(=O)NC[C@@H](c2ccccc2Cl)N2CCCC2)nn1. The topological polar surface area (TPSA) is 89.1 Å². The Bertz CT molecular complexity index is 713. The van der Waals surface area contributed by atoms with E-state index in [1.54, 1.807) is 10.9 Å². The number of carbonyl (C=O) groups is 1. The number of nitrogens with one attached hydrogen (secondary N) is 1. The lowest BCUT2D eigenvalue weighted by Crippen LogP contribution is -2.37. The van der Waals surface area contributed by atoms with Crippen LogP contribution in [0.2, 0.25) is 5.02 Å². The maximum absolute atomic E-state index is 12.4. The molecule has 0 bridgehead atoms. The maximum atomic E-state index is 12.4. The molecule has 1 saturated heterocycles. The summed E-state index contributed by atoms with van der Waals surface area (Å²) in [4.78, 5) is 14.8. The molecule has 0 unspecified atom stereocenters. The number of hydrogen-bond donors (Lipinski definition) is 2. The van der Waals surface area contributed by atoms with Crippen molar-refractivity contribution in [1.82, 2.24) is 25.2 Å². The molecule has 0 aliphatic carbocycles. The average molecular weight is 363 g/mol. The van der Waals surface area contributed by atoms with Crippen molar-refractivity contribution >= 4 is 17.5 Å². The normalized spacial score (nSPS) is 16.1. The lowest BCUT2D eigenvalue weighted by Gasteiger charge is -2.28. The van der Waals surface area contributed by atoms with Gasteiger partial charge in [-0.2, -0.15) is 0 Å². The first kappa shape index (κ1) is 17.8. The molecule has 1 aliphatic heterocycles. The molecule has 0 spiro atoms. The van der Waals surface area contributed by atoms with Crippen LogP contribution in [0.3, 0.4) is 0 Å². The number of hydrogen-bond acceptors (Lipinski definition) is 5. The number of nitrogens with two attached hydrogens (primary N) is 1. The monoisotopic (exact) mass is 362 g/mol. The molecule has 1 amide bonds. The van der Waals surface area contributed by atoms with Gasteiger partial charge in [-0.3, -0.25) is 14.4 Å². The molecule has 25 heavy (non-hydrogen) atoms. The van der Waals surface area contributed by atoms with Crippen molar-refractivity contribution in [2.45, 2.75) is 25.4 Å². The van der Waals surface area contributed by atoms with Gasteiger partial charge in [0.25, 0.3) is 5.91 Å². The zero-order chi connectivity index (χ0) is 17.6. The smallest absolute Gasteiger partial charge is 0.273 e. The Morgan fingerprint density at radius 1 is 1.32 bits per heavy atom. The quantitative estimate of drug-likeness (QED) is 0.778. The number of likely N-dealkylation sites (tertiary alicyclic amines) is 1. The van der Waals surface area contributed by atoms with Crippen LogP contribution in [0.15, 0.2) is 30.5 Å². The fourth-order valence-electron chi connectivity index (χ4n) is 3.16. The largest absolute Gasteiger partial charge is 0.349 e. The molecule has 8 heteroatoms. The third-order valence-electron chi connectivity index (χ3n) is 4.43. The van der Waals surface area contributed by atoms with Crippen molar-refractivity contribution in [1.29, 1.82) is 0 Å². The fraction of sp³-hybridized carbons (Fsp3) is 0.471. The number of aromatic nitrogens is 3. The molecule has 1 fully saturated rings. The van der Waals surface area contributed by atoms with E-state index < -0.39 is 0 Å². The van der Waals surface area contributed by atoms with Gasteiger partial charge in [0.15, 0.2) is 5.69 Å². The predicted octanol–water partition coefficient (Wildman–Crippen LogP) is 1.46. The summed E-state index contributed by atoms with van der Waals surface area (Å²) < 4.78 is 1.57. The van der Waals surface area contributed by atoms with Crippen molar-refractivity contribution < 1.29 is 4.79 Å². The van der Waals surface area contributed by atoms with Crippen molar-refractivity contribution in [3.8, 4) is 0 Å². The Morgan fingerprint density at radius 3 is 2.80 bits per heavy atom. The van der Waals surface area contributed by atoms with Gasteiger partial charge in [-0.05, 0) is 37.6 Å². The van der Waals surface area contributed by atoms with E-state index >= 15 is 0 Å². The van der Waals surface area contributed by atoms with Crippen molar-refractivity contribution in [2.75, 3.05) is 26.2 Å². The van der Waals surface area contributed by atoms with Gasteiger partial charge in [0.2, 0.25) is 0 Å². The van der Waals surface area contributed by atoms with Crippen LogP contribution in [0.25, 0.3) is 0 Å². The summed E-state index contributed by atoms with van der Waals surface area (Å²) in [5.74, 6) is -0.237. The van der Waals surface area contributed by atoms with Crippen LogP contribution in [-0.2, 0) is 6.54 Å². The second kappa shape index (κ2) is 8.42. The number of carbonyl (C=O) groups excluding carboxylic acids is 1. The molecule has 7 nitrogen and oxygen atoms in total. The zero-order valence-electron chi connectivity index (χ0n) is 14.1. The Kier molecular flexibility index (Phi) is 6.01. The van der Waals surface area contributed by atoms with Crippen LogP contribution < -0.4 is 11.1 Å². The Labute approximate surface area is 152 Å². The molecule has 3 N–H and O–H groups in total. The van der Waals surface area contributed by atoms with Crippen molar-refractivity contribution in [3.63, 3.8) is 0 Å². The van der Waals surface area contributed by atoms with Crippen LogP contribution in [0.4, 0.5) is 0 Å². The molecule has 0 radical (unpaired) electrons. The van der Waals surface area contributed by atoms with Gasteiger partial charge in [0, 0.05) is 18.1 Å². The van der Waals surface area contributed by atoms with E-state index in [4.69, 9.17) is 17.3 Å². The maximum Gasteiger partial charge on any atom is 0.273 e. The molecule has 1 aromatic carbocycles. The lowest BCUT2D eigenvalue weighted by atomic mass is 10.1. The minimum atomic E-state index is -0.237. The number of nitrogens with zero attached hydrogens (tertiary/aromatic N) is 4. The van der Waals surface area contributed by atoms with Gasteiger partial charge < -0.3 is 11.1 Å². The minimum Gasteiger partial charge on any atom is -0.349 e. The molecule has 2 aromatic rings. The van der Waals surface area contributed by atoms with Crippen LogP contribution in [-0.4, -0.2) is 52.0 Å². The summed E-state index contributed by atoms with van der Waals surface area (Å²) >= 11 is 6.39. The molecule has 0 saturated carbocycles. The number of halogens is 1. The van der Waals surface area contributed by atoms with Gasteiger partial charge in [-0.15, -0.1) is 5.10 Å². The highest BCUT2D eigenvalue weighted by Crippen LogP contribution is 2.29. The average Bonchev–Trinajstić information content (AvgIpc) is 3.29. The Hall–Kier alpha value is -1.96. The van der Waals surface area contributed by atoms with Gasteiger partial charge in [0.05, 0.1) is 18.8 Å². The van der Waals surface area contributed by atoms with Gasteiger partial charge >= 0.3 is 0 Å². The molecular formula is C17H23ClN6O. The molecule has 1 atom stereocenters. The Balaban J connectivity index is 1.69. The zero-order valence-corrected chi connectivity index (χ0v) is 14.8. The van der Waals surface area contributed by atoms with Gasteiger partial charge in [-0.25, -0.2) is 0 Å². The molecule has 1 aliphatic rings. The van der Waals surface area contributed by atoms with Crippen molar-refractivity contribution in [2.24, 2.45) is 5.73 Å². The van der Waals surface area contributed by atoms with Crippen LogP contribution in [0.5, 0.6) is 0 Å². The number of rotatable bonds is 7. The standard InChI is InChI=1S/C17H23ClN6O/c18-14-6-2-1-5-13(14)16(23-8-3-4-9-23)11-20-17(25)15-12-24(10-7-19)22-21-15/h1-2,5-6,12,16H,3-4,7-11,19H2,(H,20,25)/t16-/m0/s1. The summed E-state index contributed by atoms with van der Waals surface area (Å²) in [6.45, 7) is 3.49. The highest BCUT2D eigenvalue weighted by molar-refractivity contribution is 6.31. The first-order valence-electron chi connectivity index (χ1n) is 8.56. The molecular weight excluding hydrogens is 340 g/mol. The summed E-state index contributed by atoms with van der Waals surface area (Å²) in [5.41, 5.74) is 6.82. The van der Waals surface area contributed by atoms with E-state index in [2.05, 4.69) is 20.5 Å². The highest BCUT2D eigenvalue weighted by atomic mass is 35.5. The van der Waals surface area contributed by atoms with E-state index in [1.807, 2.05) is 24.3 Å². The molecule has 134 valence electrons. The third kappa shape index (κ3) is 4.36. The molecule has 1 aromatic heterocycles. The van der Waals surface area contributed by atoms with Crippen LogP contribution in [0.1, 0.15) is 34.9 Å². The highest BCUT2D eigenvalue weighted by Gasteiger charge is 2.26.